The summed E-state index contributed by atoms with van der Waals surface area (Å²) >= 11 is 0. The summed E-state index contributed by atoms with van der Waals surface area (Å²) in [5.41, 5.74) is 0. The van der Waals surface area contributed by atoms with Gasteiger partial charge in [-0.1, -0.05) is 6.42 Å². The highest BCUT2D eigenvalue weighted by Crippen LogP contribution is 2.10. The van der Waals surface area contributed by atoms with E-state index in [0.29, 0.717) is 6.04 Å². The molecule has 2 N–H and O–H groups in total. The highest BCUT2D eigenvalue weighted by Gasteiger charge is 2.18. The quantitative estimate of drug-likeness (QED) is 0.714. The number of carbonyl (C=O) groups is 1. The molecule has 4 heteroatoms. The van der Waals surface area contributed by atoms with Crippen LogP contribution in [0.5, 0.6) is 0 Å². The van der Waals surface area contributed by atoms with Crippen molar-refractivity contribution in [2.24, 2.45) is 0 Å². The van der Waals surface area contributed by atoms with Gasteiger partial charge in [0, 0.05) is 18.6 Å². The Hall–Kier alpha value is -0.610. The molecule has 15 heavy (non-hydrogen) atoms. The van der Waals surface area contributed by atoms with Gasteiger partial charge >= 0.3 is 5.97 Å². The lowest BCUT2D eigenvalue weighted by Gasteiger charge is -2.31. The first-order chi connectivity index (χ1) is 7.09. The van der Waals surface area contributed by atoms with Crippen LogP contribution in [0.25, 0.3) is 0 Å². The third kappa shape index (κ3) is 4.62. The normalized spacial score (nSPS) is 24.1. The van der Waals surface area contributed by atoms with Crippen LogP contribution in [0.4, 0.5) is 0 Å². The molecule has 1 heterocycles. The van der Waals surface area contributed by atoms with Crippen molar-refractivity contribution in [2.45, 2.75) is 44.7 Å². The van der Waals surface area contributed by atoms with Crippen LogP contribution in [-0.2, 0) is 4.79 Å². The summed E-state index contributed by atoms with van der Waals surface area (Å²) in [6.07, 6.45) is 4.00. The maximum atomic E-state index is 10.6. The molecule has 0 aromatic heterocycles. The zero-order chi connectivity index (χ0) is 11.3. The fraction of sp³-hybridized carbons (Fsp3) is 0.909. The molecule has 2 unspecified atom stereocenters. The van der Waals surface area contributed by atoms with Gasteiger partial charge in [0.1, 0.15) is 0 Å². The predicted octanol–water partition coefficient (Wildman–Crippen LogP) is 0.923. The van der Waals surface area contributed by atoms with Gasteiger partial charge in [0.2, 0.25) is 0 Å². The number of carboxylic acids is 1. The van der Waals surface area contributed by atoms with Crippen LogP contribution in [0, 0.1) is 0 Å². The molecule has 0 spiro atoms. The third-order valence-electron chi connectivity index (χ3n) is 3.14. The summed E-state index contributed by atoms with van der Waals surface area (Å²) in [5, 5.41) is 12.2. The third-order valence-corrected chi connectivity index (χ3v) is 3.14. The molecule has 4 nitrogen and oxygen atoms in total. The van der Waals surface area contributed by atoms with Gasteiger partial charge < -0.3 is 15.3 Å². The molecule has 0 aliphatic carbocycles. The molecular formula is C11H22N2O2. The van der Waals surface area contributed by atoms with Gasteiger partial charge in [-0.25, -0.2) is 0 Å². The van der Waals surface area contributed by atoms with E-state index in [1.807, 2.05) is 14.0 Å². The number of piperidine rings is 1. The molecule has 1 rings (SSSR count). The number of rotatable bonds is 5. The summed E-state index contributed by atoms with van der Waals surface area (Å²) in [5.74, 6) is -0.717. The Balaban J connectivity index is 2.26. The number of nitrogens with zero attached hydrogens (tertiary/aromatic N) is 1. The number of carboxylic acid groups (broad SMARTS) is 1. The van der Waals surface area contributed by atoms with Gasteiger partial charge in [-0.05, 0) is 33.4 Å². The smallest absolute Gasteiger partial charge is 0.304 e. The molecule has 1 saturated heterocycles. The average molecular weight is 214 g/mol. The molecule has 0 amide bonds. The summed E-state index contributed by atoms with van der Waals surface area (Å²) in [7, 11) is 2.00. The lowest BCUT2D eigenvalue weighted by molar-refractivity contribution is -0.138. The average Bonchev–Trinajstić information content (AvgIpc) is 2.18. The first-order valence-electron chi connectivity index (χ1n) is 5.75. The minimum atomic E-state index is -0.717. The standard InChI is InChI=1S/C11H22N2O2/c1-9(7-11(14)15)13(2)8-10-5-3-4-6-12-10/h9-10,12H,3-8H2,1-2H3,(H,14,15). The highest BCUT2D eigenvalue weighted by molar-refractivity contribution is 5.67. The first kappa shape index (κ1) is 12.5. The van der Waals surface area contributed by atoms with Crippen molar-refractivity contribution in [3.8, 4) is 0 Å². The zero-order valence-electron chi connectivity index (χ0n) is 9.70. The van der Waals surface area contributed by atoms with Crippen LogP contribution < -0.4 is 5.32 Å². The van der Waals surface area contributed by atoms with Crippen LogP contribution in [-0.4, -0.2) is 48.2 Å². The highest BCUT2D eigenvalue weighted by atomic mass is 16.4. The number of aliphatic carboxylic acids is 1. The second-order valence-electron chi connectivity index (χ2n) is 4.53. The molecule has 1 aliphatic heterocycles. The van der Waals surface area contributed by atoms with Crippen LogP contribution >= 0.6 is 0 Å². The lowest BCUT2D eigenvalue weighted by Crippen LogP contribution is -2.45. The minimum absolute atomic E-state index is 0.117. The molecule has 1 aliphatic rings. The van der Waals surface area contributed by atoms with Crippen molar-refractivity contribution in [1.29, 1.82) is 0 Å². The van der Waals surface area contributed by atoms with Gasteiger partial charge in [0.25, 0.3) is 0 Å². The van der Waals surface area contributed by atoms with E-state index in [2.05, 4.69) is 10.2 Å². The predicted molar refractivity (Wildman–Crippen MR) is 60.0 cm³/mol. The molecule has 0 bridgehead atoms. The summed E-state index contributed by atoms with van der Waals surface area (Å²) in [4.78, 5) is 12.7. The van der Waals surface area contributed by atoms with Gasteiger partial charge in [-0.3, -0.25) is 4.79 Å². The Morgan fingerprint density at radius 3 is 2.87 bits per heavy atom. The van der Waals surface area contributed by atoms with Crippen molar-refractivity contribution in [2.75, 3.05) is 20.1 Å². The van der Waals surface area contributed by atoms with E-state index in [4.69, 9.17) is 5.11 Å². The van der Waals surface area contributed by atoms with Crippen molar-refractivity contribution >= 4 is 5.97 Å². The van der Waals surface area contributed by atoms with Crippen molar-refractivity contribution in [3.63, 3.8) is 0 Å². The number of likely N-dealkylation sites (N-methyl/N-ethyl adjacent to an activating group) is 1. The van der Waals surface area contributed by atoms with E-state index in [0.717, 1.165) is 13.1 Å². The van der Waals surface area contributed by atoms with E-state index >= 15 is 0 Å². The van der Waals surface area contributed by atoms with Gasteiger partial charge in [-0.15, -0.1) is 0 Å². The first-order valence-corrected chi connectivity index (χ1v) is 5.75. The maximum Gasteiger partial charge on any atom is 0.304 e. The minimum Gasteiger partial charge on any atom is -0.481 e. The van der Waals surface area contributed by atoms with Crippen LogP contribution in [0.2, 0.25) is 0 Å². The number of hydrogen-bond donors (Lipinski definition) is 2. The summed E-state index contributed by atoms with van der Waals surface area (Å²) < 4.78 is 0. The molecule has 1 fully saturated rings. The SMILES string of the molecule is CC(CC(=O)O)N(C)CC1CCCCN1. The monoisotopic (exact) mass is 214 g/mol. The number of nitrogens with one attached hydrogen (secondary N) is 1. The van der Waals surface area contributed by atoms with E-state index < -0.39 is 5.97 Å². The van der Waals surface area contributed by atoms with E-state index in [9.17, 15) is 4.79 Å². The van der Waals surface area contributed by atoms with Gasteiger partial charge in [-0.2, -0.15) is 0 Å². The van der Waals surface area contributed by atoms with Crippen molar-refractivity contribution < 1.29 is 9.90 Å². The molecule has 0 aromatic rings. The Morgan fingerprint density at radius 2 is 2.33 bits per heavy atom. The van der Waals surface area contributed by atoms with Crippen LogP contribution in [0.15, 0.2) is 0 Å². The second kappa shape index (κ2) is 6.08. The van der Waals surface area contributed by atoms with E-state index in [1.165, 1.54) is 19.3 Å². The fourth-order valence-corrected chi connectivity index (χ4v) is 2.02. The second-order valence-corrected chi connectivity index (χ2v) is 4.53. The molecule has 0 radical (unpaired) electrons. The zero-order valence-corrected chi connectivity index (χ0v) is 9.70. The van der Waals surface area contributed by atoms with Crippen molar-refractivity contribution in [1.82, 2.24) is 10.2 Å². The molecule has 0 aromatic carbocycles. The van der Waals surface area contributed by atoms with E-state index in [1.54, 1.807) is 0 Å². The lowest BCUT2D eigenvalue weighted by atomic mass is 10.0. The van der Waals surface area contributed by atoms with Gasteiger partial charge in [0.05, 0.1) is 6.42 Å². The van der Waals surface area contributed by atoms with Gasteiger partial charge in [0.15, 0.2) is 0 Å². The van der Waals surface area contributed by atoms with E-state index in [-0.39, 0.29) is 12.5 Å². The molecule has 2 atom stereocenters. The Labute approximate surface area is 91.6 Å². The Kier molecular flexibility index (Phi) is 5.05. The topological polar surface area (TPSA) is 52.6 Å². The van der Waals surface area contributed by atoms with Crippen LogP contribution in [0.3, 0.4) is 0 Å². The summed E-state index contributed by atoms with van der Waals surface area (Å²) in [6.45, 7) is 4.03. The largest absolute Gasteiger partial charge is 0.481 e. The summed E-state index contributed by atoms with van der Waals surface area (Å²) in [6, 6.07) is 0.659. The Morgan fingerprint density at radius 1 is 1.60 bits per heavy atom. The Bertz CT molecular complexity index is 203. The maximum absolute atomic E-state index is 10.6. The molecule has 0 saturated carbocycles. The fourth-order valence-electron chi connectivity index (χ4n) is 2.02. The van der Waals surface area contributed by atoms with Crippen LogP contribution in [0.1, 0.15) is 32.6 Å². The molecule has 88 valence electrons. The van der Waals surface area contributed by atoms with Crippen molar-refractivity contribution in [3.05, 3.63) is 0 Å². The number of hydrogen-bond acceptors (Lipinski definition) is 3. The molecular weight excluding hydrogens is 192 g/mol.